The number of oxazole rings is 1. The van der Waals surface area contributed by atoms with Crippen LogP contribution in [0.15, 0.2) is 34.9 Å². The van der Waals surface area contributed by atoms with Crippen molar-refractivity contribution in [2.24, 2.45) is 5.73 Å². The molecule has 3 heteroatoms. The van der Waals surface area contributed by atoms with Crippen molar-refractivity contribution in [3.05, 3.63) is 42.0 Å². The Morgan fingerprint density at radius 2 is 1.94 bits per heavy atom. The summed E-state index contributed by atoms with van der Waals surface area (Å²) >= 11 is 0. The lowest BCUT2D eigenvalue weighted by Crippen LogP contribution is -2.02. The van der Waals surface area contributed by atoms with E-state index in [9.17, 15) is 0 Å². The Labute approximate surface area is 108 Å². The minimum absolute atomic E-state index is 0.565. The van der Waals surface area contributed by atoms with Gasteiger partial charge in [0.1, 0.15) is 12.0 Å². The van der Waals surface area contributed by atoms with E-state index in [2.05, 4.69) is 36.2 Å². The molecule has 0 radical (unpaired) electrons. The van der Waals surface area contributed by atoms with Crippen LogP contribution in [0.5, 0.6) is 0 Å². The molecule has 2 aromatic rings. The summed E-state index contributed by atoms with van der Waals surface area (Å²) in [6.07, 6.45) is 6.01. The van der Waals surface area contributed by atoms with Gasteiger partial charge in [-0.1, -0.05) is 37.6 Å². The third-order valence-corrected chi connectivity index (χ3v) is 2.98. The monoisotopic (exact) mass is 244 g/mol. The topological polar surface area (TPSA) is 52.0 Å². The van der Waals surface area contributed by atoms with Crippen LogP contribution >= 0.6 is 0 Å². The Hall–Kier alpha value is -1.61. The highest BCUT2D eigenvalue weighted by Gasteiger charge is 2.05. The zero-order valence-corrected chi connectivity index (χ0v) is 10.9. The molecule has 0 saturated heterocycles. The van der Waals surface area contributed by atoms with Crippen molar-refractivity contribution in [1.82, 2.24) is 4.98 Å². The minimum atomic E-state index is 0.565. The lowest BCUT2D eigenvalue weighted by Gasteiger charge is -2.01. The highest BCUT2D eigenvalue weighted by atomic mass is 16.3. The highest BCUT2D eigenvalue weighted by molar-refractivity contribution is 5.58. The molecule has 0 spiro atoms. The first-order chi connectivity index (χ1) is 8.83. The molecule has 2 N–H and O–H groups in total. The first-order valence-electron chi connectivity index (χ1n) is 6.57. The Bertz CT molecular complexity index is 473. The summed E-state index contributed by atoms with van der Waals surface area (Å²) < 4.78 is 5.36. The van der Waals surface area contributed by atoms with E-state index in [-0.39, 0.29) is 0 Å². The largest absolute Gasteiger partial charge is 0.448 e. The molecule has 1 heterocycles. The SMILES string of the molecule is CCCCc1ccc(-c2coc(CCN)n2)cc1. The van der Waals surface area contributed by atoms with E-state index in [0.29, 0.717) is 18.9 Å². The Morgan fingerprint density at radius 1 is 1.17 bits per heavy atom. The van der Waals surface area contributed by atoms with Crippen molar-refractivity contribution in [2.45, 2.75) is 32.6 Å². The second kappa shape index (κ2) is 6.36. The number of benzene rings is 1. The van der Waals surface area contributed by atoms with Crippen molar-refractivity contribution >= 4 is 0 Å². The van der Waals surface area contributed by atoms with E-state index >= 15 is 0 Å². The van der Waals surface area contributed by atoms with E-state index in [0.717, 1.165) is 17.7 Å². The summed E-state index contributed by atoms with van der Waals surface area (Å²) in [5, 5.41) is 0. The van der Waals surface area contributed by atoms with Crippen LogP contribution in [0.1, 0.15) is 31.2 Å². The van der Waals surface area contributed by atoms with Gasteiger partial charge in [-0.25, -0.2) is 4.98 Å². The van der Waals surface area contributed by atoms with Crippen molar-refractivity contribution in [1.29, 1.82) is 0 Å². The van der Waals surface area contributed by atoms with Crippen molar-refractivity contribution in [2.75, 3.05) is 6.54 Å². The van der Waals surface area contributed by atoms with E-state index in [1.54, 1.807) is 6.26 Å². The number of nitrogens with zero attached hydrogens (tertiary/aromatic N) is 1. The molecule has 0 aliphatic carbocycles. The summed E-state index contributed by atoms with van der Waals surface area (Å²) in [5.74, 6) is 0.711. The van der Waals surface area contributed by atoms with E-state index < -0.39 is 0 Å². The van der Waals surface area contributed by atoms with Crippen molar-refractivity contribution in [3.8, 4) is 11.3 Å². The van der Waals surface area contributed by atoms with Gasteiger partial charge in [0.2, 0.25) is 0 Å². The molecular formula is C15H20N2O. The zero-order valence-electron chi connectivity index (χ0n) is 10.9. The van der Waals surface area contributed by atoms with Gasteiger partial charge in [-0.05, 0) is 18.4 Å². The number of rotatable bonds is 6. The standard InChI is InChI=1S/C15H20N2O/c1-2-3-4-12-5-7-13(8-6-12)14-11-18-15(17-14)9-10-16/h5-8,11H,2-4,9-10,16H2,1H3. The molecule has 0 aliphatic rings. The number of nitrogens with two attached hydrogens (primary N) is 1. The van der Waals surface area contributed by atoms with Gasteiger partial charge in [-0.15, -0.1) is 0 Å². The summed E-state index contributed by atoms with van der Waals surface area (Å²) in [7, 11) is 0. The number of aromatic nitrogens is 1. The molecule has 18 heavy (non-hydrogen) atoms. The fourth-order valence-corrected chi connectivity index (χ4v) is 1.90. The fraction of sp³-hybridized carbons (Fsp3) is 0.400. The maximum absolute atomic E-state index is 5.47. The van der Waals surface area contributed by atoms with Crippen LogP contribution in [-0.4, -0.2) is 11.5 Å². The fourth-order valence-electron chi connectivity index (χ4n) is 1.90. The quantitative estimate of drug-likeness (QED) is 0.849. The van der Waals surface area contributed by atoms with Gasteiger partial charge in [0.25, 0.3) is 0 Å². The minimum Gasteiger partial charge on any atom is -0.448 e. The lowest BCUT2D eigenvalue weighted by atomic mass is 10.1. The Morgan fingerprint density at radius 3 is 2.61 bits per heavy atom. The van der Waals surface area contributed by atoms with Gasteiger partial charge < -0.3 is 10.2 Å². The smallest absolute Gasteiger partial charge is 0.195 e. The molecule has 3 nitrogen and oxygen atoms in total. The van der Waals surface area contributed by atoms with Gasteiger partial charge in [-0.3, -0.25) is 0 Å². The van der Waals surface area contributed by atoms with Crippen LogP contribution in [0.25, 0.3) is 11.3 Å². The summed E-state index contributed by atoms with van der Waals surface area (Å²) in [6.45, 7) is 2.78. The molecule has 1 aromatic carbocycles. The van der Waals surface area contributed by atoms with Gasteiger partial charge in [-0.2, -0.15) is 0 Å². The predicted molar refractivity (Wildman–Crippen MR) is 73.3 cm³/mol. The normalized spacial score (nSPS) is 10.8. The van der Waals surface area contributed by atoms with E-state index in [1.807, 2.05) is 0 Å². The predicted octanol–water partition coefficient (Wildman–Crippen LogP) is 3.19. The van der Waals surface area contributed by atoms with Gasteiger partial charge in [0.05, 0.1) is 0 Å². The van der Waals surface area contributed by atoms with Crippen LogP contribution in [0.2, 0.25) is 0 Å². The van der Waals surface area contributed by atoms with Crippen LogP contribution in [0, 0.1) is 0 Å². The second-order valence-electron chi connectivity index (χ2n) is 4.47. The third kappa shape index (κ3) is 3.20. The van der Waals surface area contributed by atoms with Gasteiger partial charge in [0, 0.05) is 18.5 Å². The summed E-state index contributed by atoms with van der Waals surface area (Å²) in [6, 6.07) is 8.55. The lowest BCUT2D eigenvalue weighted by molar-refractivity contribution is 0.496. The Balaban J connectivity index is 2.07. The Kier molecular flexibility index (Phi) is 4.53. The number of aryl methyl sites for hydroxylation is 1. The average Bonchev–Trinajstić information content (AvgIpc) is 2.86. The molecule has 0 saturated carbocycles. The molecular weight excluding hydrogens is 224 g/mol. The number of unbranched alkanes of at least 4 members (excludes halogenated alkanes) is 1. The number of hydrogen-bond donors (Lipinski definition) is 1. The molecule has 0 atom stereocenters. The molecule has 1 aromatic heterocycles. The highest BCUT2D eigenvalue weighted by Crippen LogP contribution is 2.20. The van der Waals surface area contributed by atoms with E-state index in [4.69, 9.17) is 10.2 Å². The molecule has 0 unspecified atom stereocenters. The molecule has 2 rings (SSSR count). The third-order valence-electron chi connectivity index (χ3n) is 2.98. The number of hydrogen-bond acceptors (Lipinski definition) is 3. The molecule has 96 valence electrons. The molecule has 0 aliphatic heterocycles. The first-order valence-corrected chi connectivity index (χ1v) is 6.57. The van der Waals surface area contributed by atoms with Crippen molar-refractivity contribution < 1.29 is 4.42 Å². The summed E-state index contributed by atoms with van der Waals surface area (Å²) in [4.78, 5) is 4.42. The zero-order chi connectivity index (χ0) is 12.8. The molecule has 0 fully saturated rings. The van der Waals surface area contributed by atoms with Crippen LogP contribution in [0.3, 0.4) is 0 Å². The van der Waals surface area contributed by atoms with Crippen LogP contribution in [0.4, 0.5) is 0 Å². The van der Waals surface area contributed by atoms with Gasteiger partial charge >= 0.3 is 0 Å². The summed E-state index contributed by atoms with van der Waals surface area (Å²) in [5.41, 5.74) is 8.84. The average molecular weight is 244 g/mol. The second-order valence-corrected chi connectivity index (χ2v) is 4.47. The maximum Gasteiger partial charge on any atom is 0.195 e. The molecule has 0 amide bonds. The molecule has 0 bridgehead atoms. The van der Waals surface area contributed by atoms with Crippen LogP contribution in [-0.2, 0) is 12.8 Å². The van der Waals surface area contributed by atoms with Gasteiger partial charge in [0.15, 0.2) is 5.89 Å². The van der Waals surface area contributed by atoms with Crippen LogP contribution < -0.4 is 5.73 Å². The first kappa shape index (κ1) is 12.8. The van der Waals surface area contributed by atoms with Crippen molar-refractivity contribution in [3.63, 3.8) is 0 Å². The van der Waals surface area contributed by atoms with E-state index in [1.165, 1.54) is 18.4 Å². The maximum atomic E-state index is 5.47.